The Morgan fingerprint density at radius 1 is 1.15 bits per heavy atom. The number of para-hydroxylation sites is 2. The Hall–Kier alpha value is -2.57. The average Bonchev–Trinajstić information content (AvgIpc) is 2.59. The number of carbonyl (C=O) groups excluding carboxylic acids is 1. The number of benzene rings is 1. The largest absolute Gasteiger partial charge is 0.478 e. The molecule has 0 aliphatic carbocycles. The van der Waals surface area contributed by atoms with E-state index in [1.165, 1.54) is 0 Å². The monoisotopic (exact) mass is 358 g/mol. The molecule has 3 rings (SSSR count). The molecule has 1 aliphatic heterocycles. The van der Waals surface area contributed by atoms with E-state index in [-0.39, 0.29) is 12.1 Å². The van der Waals surface area contributed by atoms with Crippen LogP contribution in [0.4, 0.5) is 10.6 Å². The third kappa shape index (κ3) is 3.81. The molecule has 140 valence electrons. The van der Waals surface area contributed by atoms with Crippen LogP contribution in [0.3, 0.4) is 0 Å². The van der Waals surface area contributed by atoms with Crippen molar-refractivity contribution in [2.45, 2.75) is 39.3 Å². The minimum absolute atomic E-state index is 0.0700. The predicted octanol–water partition coefficient (Wildman–Crippen LogP) is 3.08. The Labute approximate surface area is 153 Å². The van der Waals surface area contributed by atoms with E-state index in [1.807, 2.05) is 45.0 Å². The SMILES string of the molecule is COc1nc2ccccc2nc1N1CCN(C(=O)OC(C)(C)C)C[C@H]1C. The lowest BCUT2D eigenvalue weighted by Gasteiger charge is -2.40. The second-order valence-corrected chi connectivity index (χ2v) is 7.51. The molecule has 26 heavy (non-hydrogen) atoms. The Balaban J connectivity index is 1.81. The van der Waals surface area contributed by atoms with Crippen LogP contribution in [0, 0.1) is 0 Å². The topological polar surface area (TPSA) is 67.8 Å². The van der Waals surface area contributed by atoms with Gasteiger partial charge in [-0.1, -0.05) is 12.1 Å². The number of aromatic nitrogens is 2. The Morgan fingerprint density at radius 3 is 2.38 bits per heavy atom. The molecule has 0 spiro atoms. The molecule has 1 aromatic heterocycles. The van der Waals surface area contributed by atoms with Crippen LogP contribution in [0.15, 0.2) is 24.3 Å². The summed E-state index contributed by atoms with van der Waals surface area (Å²) in [4.78, 5) is 25.5. The number of nitrogens with zero attached hydrogens (tertiary/aromatic N) is 4. The molecule has 2 heterocycles. The summed E-state index contributed by atoms with van der Waals surface area (Å²) in [7, 11) is 1.60. The van der Waals surface area contributed by atoms with Gasteiger partial charge < -0.3 is 19.3 Å². The lowest BCUT2D eigenvalue weighted by atomic mass is 10.2. The van der Waals surface area contributed by atoms with Crippen LogP contribution >= 0.6 is 0 Å². The molecule has 1 saturated heterocycles. The van der Waals surface area contributed by atoms with Crippen LogP contribution in [0.2, 0.25) is 0 Å². The molecule has 0 N–H and O–H groups in total. The Morgan fingerprint density at radius 2 is 1.81 bits per heavy atom. The molecule has 1 fully saturated rings. The molecule has 0 bridgehead atoms. The molecule has 7 nitrogen and oxygen atoms in total. The van der Waals surface area contributed by atoms with E-state index in [0.29, 0.717) is 31.3 Å². The molecule has 2 aromatic rings. The second kappa shape index (κ2) is 6.97. The summed E-state index contributed by atoms with van der Waals surface area (Å²) in [5, 5.41) is 0. The molecule has 7 heteroatoms. The van der Waals surface area contributed by atoms with Gasteiger partial charge in [-0.3, -0.25) is 0 Å². The highest BCUT2D eigenvalue weighted by molar-refractivity contribution is 5.77. The number of methoxy groups -OCH3 is 1. The van der Waals surface area contributed by atoms with E-state index in [2.05, 4.69) is 16.8 Å². The van der Waals surface area contributed by atoms with Crippen LogP contribution in [0.25, 0.3) is 11.0 Å². The normalized spacial score (nSPS) is 18.1. The standard InChI is InChI=1S/C19H26N4O3/c1-13-12-22(18(24)26-19(2,3)4)10-11-23(13)16-17(25-5)21-15-9-7-6-8-14(15)20-16/h6-9,13H,10-12H2,1-5H3/t13-/m1/s1. The highest BCUT2D eigenvalue weighted by Crippen LogP contribution is 2.29. The fourth-order valence-corrected chi connectivity index (χ4v) is 3.06. The molecular formula is C19H26N4O3. The summed E-state index contributed by atoms with van der Waals surface area (Å²) in [5.41, 5.74) is 1.13. The van der Waals surface area contributed by atoms with Crippen molar-refractivity contribution in [3.63, 3.8) is 0 Å². The predicted molar refractivity (Wildman–Crippen MR) is 101 cm³/mol. The van der Waals surface area contributed by atoms with Gasteiger partial charge in [-0.05, 0) is 39.8 Å². The van der Waals surface area contributed by atoms with Gasteiger partial charge in [-0.25, -0.2) is 14.8 Å². The number of anilines is 1. The first-order valence-electron chi connectivity index (χ1n) is 8.84. The summed E-state index contributed by atoms with van der Waals surface area (Å²) < 4.78 is 11.0. The molecule has 1 amide bonds. The van der Waals surface area contributed by atoms with Gasteiger partial charge in [0.2, 0.25) is 0 Å². The summed E-state index contributed by atoms with van der Waals surface area (Å²) in [6.07, 6.45) is -0.277. The maximum atomic E-state index is 12.3. The quantitative estimate of drug-likeness (QED) is 0.822. The molecule has 1 aliphatic rings. The van der Waals surface area contributed by atoms with Crippen molar-refractivity contribution in [3.8, 4) is 5.88 Å². The summed E-state index contributed by atoms with van der Waals surface area (Å²) >= 11 is 0. The van der Waals surface area contributed by atoms with E-state index >= 15 is 0 Å². The van der Waals surface area contributed by atoms with Crippen molar-refractivity contribution < 1.29 is 14.3 Å². The first-order valence-corrected chi connectivity index (χ1v) is 8.84. The van der Waals surface area contributed by atoms with Crippen LogP contribution < -0.4 is 9.64 Å². The van der Waals surface area contributed by atoms with Gasteiger partial charge in [0.05, 0.1) is 18.1 Å². The van der Waals surface area contributed by atoms with Crippen LogP contribution in [-0.4, -0.2) is 59.3 Å². The number of ether oxygens (including phenoxy) is 2. The average molecular weight is 358 g/mol. The Bertz CT molecular complexity index is 803. The molecule has 0 unspecified atom stereocenters. The number of piperazine rings is 1. The van der Waals surface area contributed by atoms with Crippen molar-refractivity contribution >= 4 is 22.9 Å². The number of fused-ring (bicyclic) bond motifs is 1. The zero-order chi connectivity index (χ0) is 18.9. The molecule has 0 radical (unpaired) electrons. The van der Waals surface area contributed by atoms with Gasteiger partial charge in [0, 0.05) is 25.7 Å². The van der Waals surface area contributed by atoms with Crippen molar-refractivity contribution in [3.05, 3.63) is 24.3 Å². The van der Waals surface area contributed by atoms with Gasteiger partial charge in [0.25, 0.3) is 5.88 Å². The molecule has 1 atom stereocenters. The van der Waals surface area contributed by atoms with E-state index in [0.717, 1.165) is 11.0 Å². The van der Waals surface area contributed by atoms with Crippen LogP contribution in [0.1, 0.15) is 27.7 Å². The lowest BCUT2D eigenvalue weighted by molar-refractivity contribution is 0.0218. The fourth-order valence-electron chi connectivity index (χ4n) is 3.06. The van der Waals surface area contributed by atoms with Gasteiger partial charge in [0.1, 0.15) is 5.60 Å². The highest BCUT2D eigenvalue weighted by Gasteiger charge is 2.32. The highest BCUT2D eigenvalue weighted by atomic mass is 16.6. The van der Waals surface area contributed by atoms with Crippen LogP contribution in [0.5, 0.6) is 5.88 Å². The third-order valence-electron chi connectivity index (χ3n) is 4.27. The van der Waals surface area contributed by atoms with Gasteiger partial charge >= 0.3 is 6.09 Å². The number of hydrogen-bond donors (Lipinski definition) is 0. The number of amides is 1. The summed E-state index contributed by atoms with van der Waals surface area (Å²) in [5.74, 6) is 1.21. The first kappa shape index (κ1) is 18.2. The molecule has 1 aromatic carbocycles. The first-order chi connectivity index (χ1) is 12.3. The number of rotatable bonds is 2. The maximum absolute atomic E-state index is 12.3. The number of carbonyl (C=O) groups is 1. The van der Waals surface area contributed by atoms with Gasteiger partial charge in [-0.15, -0.1) is 0 Å². The van der Waals surface area contributed by atoms with E-state index in [4.69, 9.17) is 14.5 Å². The minimum atomic E-state index is -0.496. The zero-order valence-corrected chi connectivity index (χ0v) is 16.0. The van der Waals surface area contributed by atoms with E-state index < -0.39 is 5.60 Å². The number of hydrogen-bond acceptors (Lipinski definition) is 6. The maximum Gasteiger partial charge on any atom is 0.410 e. The summed E-state index contributed by atoms with van der Waals surface area (Å²) in [6, 6.07) is 7.79. The van der Waals surface area contributed by atoms with Gasteiger partial charge in [-0.2, -0.15) is 0 Å². The molecule has 0 saturated carbocycles. The minimum Gasteiger partial charge on any atom is -0.478 e. The van der Waals surface area contributed by atoms with Crippen molar-refractivity contribution in [2.75, 3.05) is 31.6 Å². The second-order valence-electron chi connectivity index (χ2n) is 7.51. The third-order valence-corrected chi connectivity index (χ3v) is 4.27. The molecular weight excluding hydrogens is 332 g/mol. The fraction of sp³-hybridized carbons (Fsp3) is 0.526. The van der Waals surface area contributed by atoms with Crippen molar-refractivity contribution in [1.82, 2.24) is 14.9 Å². The van der Waals surface area contributed by atoms with E-state index in [9.17, 15) is 4.79 Å². The van der Waals surface area contributed by atoms with Crippen molar-refractivity contribution in [1.29, 1.82) is 0 Å². The van der Waals surface area contributed by atoms with Crippen LogP contribution in [-0.2, 0) is 4.74 Å². The lowest BCUT2D eigenvalue weighted by Crippen LogP contribution is -2.55. The van der Waals surface area contributed by atoms with Crippen molar-refractivity contribution in [2.24, 2.45) is 0 Å². The summed E-state index contributed by atoms with van der Waals surface area (Å²) in [6.45, 7) is 9.46. The Kier molecular flexibility index (Phi) is 4.89. The van der Waals surface area contributed by atoms with Gasteiger partial charge in [0.15, 0.2) is 5.82 Å². The van der Waals surface area contributed by atoms with E-state index in [1.54, 1.807) is 12.0 Å². The zero-order valence-electron chi connectivity index (χ0n) is 16.0. The smallest absolute Gasteiger partial charge is 0.410 e.